The fourth-order valence-corrected chi connectivity index (χ4v) is 7.25. The van der Waals surface area contributed by atoms with Crippen molar-refractivity contribution in [1.82, 2.24) is 0 Å². The maximum Gasteiger partial charge on any atom is 0.0122 e. The molecular formula is C27H19P. The molecule has 0 nitrogen and oxygen atoms in total. The summed E-state index contributed by atoms with van der Waals surface area (Å²) in [5.74, 6) is 0. The predicted molar refractivity (Wildman–Crippen MR) is 125 cm³/mol. The van der Waals surface area contributed by atoms with E-state index in [0.29, 0.717) is 0 Å². The maximum atomic E-state index is 2.39. The molecule has 0 N–H and O–H groups in total. The van der Waals surface area contributed by atoms with Crippen molar-refractivity contribution >= 4 is 50.1 Å². The highest BCUT2D eigenvalue weighted by Gasteiger charge is 2.16. The molecule has 0 atom stereocenters. The zero-order chi connectivity index (χ0) is 18.5. The Balaban J connectivity index is 1.82. The average molecular weight is 374 g/mol. The van der Waals surface area contributed by atoms with Crippen molar-refractivity contribution < 1.29 is 0 Å². The highest BCUT2D eigenvalue weighted by atomic mass is 31.1. The molecule has 1 heteroatoms. The summed E-state index contributed by atoms with van der Waals surface area (Å²) in [6.45, 7) is 0. The van der Waals surface area contributed by atoms with Crippen LogP contribution in [0.25, 0.3) is 42.6 Å². The van der Waals surface area contributed by atoms with Crippen molar-refractivity contribution in [3.05, 3.63) is 109 Å². The Kier molecular flexibility index (Phi) is 3.54. The van der Waals surface area contributed by atoms with Crippen molar-refractivity contribution in [2.75, 3.05) is 0 Å². The Bertz CT molecular complexity index is 1380. The number of hydrogen-bond donors (Lipinski definition) is 0. The van der Waals surface area contributed by atoms with Crippen LogP contribution in [-0.4, -0.2) is 0 Å². The van der Waals surface area contributed by atoms with Crippen molar-refractivity contribution in [2.24, 2.45) is 0 Å². The van der Waals surface area contributed by atoms with Gasteiger partial charge >= 0.3 is 0 Å². The Morgan fingerprint density at radius 3 is 1.54 bits per heavy atom. The Morgan fingerprint density at radius 2 is 0.964 bits per heavy atom. The standard InChI is InChI=1S/C27H19P/c1-2-8-19(9-3-1)18-28-24-16-14-20-10-4-6-12-22(20)26(24)27-23-13-7-5-11-21(23)15-17-25(27)28/h1-17H,18H2. The van der Waals surface area contributed by atoms with Crippen molar-refractivity contribution in [3.8, 4) is 0 Å². The van der Waals surface area contributed by atoms with Crippen LogP contribution in [0.1, 0.15) is 5.56 Å². The molecule has 0 aliphatic rings. The van der Waals surface area contributed by atoms with E-state index in [-0.39, 0.29) is 0 Å². The van der Waals surface area contributed by atoms with Gasteiger partial charge in [0.05, 0.1) is 0 Å². The molecule has 0 radical (unpaired) electrons. The molecule has 0 unspecified atom stereocenters. The summed E-state index contributed by atoms with van der Waals surface area (Å²) in [4.78, 5) is 0. The van der Waals surface area contributed by atoms with Crippen molar-refractivity contribution in [1.29, 1.82) is 0 Å². The first kappa shape index (κ1) is 15.9. The molecular weight excluding hydrogens is 355 g/mol. The van der Waals surface area contributed by atoms with Crippen LogP contribution in [0.2, 0.25) is 0 Å². The highest BCUT2D eigenvalue weighted by Crippen LogP contribution is 2.54. The lowest BCUT2D eigenvalue weighted by Crippen LogP contribution is -1.77. The largest absolute Gasteiger partial charge is 0.104 e. The van der Waals surface area contributed by atoms with E-state index in [0.717, 1.165) is 6.16 Å². The topological polar surface area (TPSA) is 0 Å². The second-order valence-corrected chi connectivity index (χ2v) is 9.57. The molecule has 1 aromatic heterocycles. The summed E-state index contributed by atoms with van der Waals surface area (Å²) in [6, 6.07) is 38.0. The van der Waals surface area contributed by atoms with Gasteiger partial charge in [0.2, 0.25) is 0 Å². The van der Waals surface area contributed by atoms with Crippen LogP contribution in [0.15, 0.2) is 103 Å². The van der Waals surface area contributed by atoms with Gasteiger partial charge in [0, 0.05) is 27.2 Å². The van der Waals surface area contributed by atoms with E-state index in [4.69, 9.17) is 0 Å². The number of benzene rings is 5. The van der Waals surface area contributed by atoms with Gasteiger partial charge in [0.25, 0.3) is 0 Å². The Hall–Kier alpha value is -3.08. The van der Waals surface area contributed by atoms with E-state index in [1.54, 1.807) is 0 Å². The summed E-state index contributed by atoms with van der Waals surface area (Å²) in [7, 11) is -0.400. The van der Waals surface area contributed by atoms with Crippen LogP contribution in [0.5, 0.6) is 0 Å². The highest BCUT2D eigenvalue weighted by molar-refractivity contribution is 7.61. The molecule has 6 aromatic rings. The molecule has 5 aromatic carbocycles. The average Bonchev–Trinajstić information content (AvgIpc) is 3.09. The molecule has 0 saturated carbocycles. The zero-order valence-corrected chi connectivity index (χ0v) is 16.4. The summed E-state index contributed by atoms with van der Waals surface area (Å²) in [5, 5.41) is 11.4. The van der Waals surface area contributed by atoms with Crippen molar-refractivity contribution in [3.63, 3.8) is 0 Å². The number of fused-ring (bicyclic) bond motifs is 7. The van der Waals surface area contributed by atoms with E-state index in [1.165, 1.54) is 48.1 Å². The fourth-order valence-electron chi connectivity index (χ4n) is 4.56. The minimum Gasteiger partial charge on any atom is -0.104 e. The minimum absolute atomic E-state index is 0.400. The van der Waals surface area contributed by atoms with E-state index >= 15 is 0 Å². The zero-order valence-electron chi connectivity index (χ0n) is 15.5. The van der Waals surface area contributed by atoms with Gasteiger partial charge in [-0.15, -0.1) is 7.53 Å². The molecule has 0 spiro atoms. The Labute approximate surface area is 165 Å². The number of rotatable bonds is 2. The predicted octanol–water partition coefficient (Wildman–Crippen LogP) is 8.33. The maximum absolute atomic E-state index is 2.39. The van der Waals surface area contributed by atoms with Crippen LogP contribution >= 0.6 is 7.53 Å². The fraction of sp³-hybridized carbons (Fsp3) is 0.0370. The van der Waals surface area contributed by atoms with E-state index in [9.17, 15) is 0 Å². The monoisotopic (exact) mass is 374 g/mol. The summed E-state index contributed by atoms with van der Waals surface area (Å²) >= 11 is 0. The lowest BCUT2D eigenvalue weighted by molar-refractivity contribution is 1.41. The van der Waals surface area contributed by atoms with Gasteiger partial charge in [0.1, 0.15) is 0 Å². The molecule has 0 aliphatic heterocycles. The summed E-state index contributed by atoms with van der Waals surface area (Å²) in [6.07, 6.45) is 1.10. The molecule has 0 bridgehead atoms. The van der Waals surface area contributed by atoms with Gasteiger partial charge in [0.15, 0.2) is 0 Å². The van der Waals surface area contributed by atoms with Crippen LogP contribution < -0.4 is 0 Å². The lowest BCUT2D eigenvalue weighted by atomic mass is 10.00. The first-order valence-electron chi connectivity index (χ1n) is 9.75. The summed E-state index contributed by atoms with van der Waals surface area (Å²) < 4.78 is 0. The van der Waals surface area contributed by atoms with Gasteiger partial charge in [-0.25, -0.2) is 0 Å². The molecule has 6 rings (SSSR count). The Morgan fingerprint density at radius 1 is 0.464 bits per heavy atom. The second kappa shape index (κ2) is 6.23. The van der Waals surface area contributed by atoms with E-state index < -0.39 is 7.53 Å². The third-order valence-corrected chi connectivity index (χ3v) is 8.42. The van der Waals surface area contributed by atoms with Gasteiger partial charge < -0.3 is 0 Å². The molecule has 0 saturated heterocycles. The van der Waals surface area contributed by atoms with Crippen LogP contribution in [-0.2, 0) is 6.16 Å². The molecule has 0 fully saturated rings. The number of hydrogen-bond acceptors (Lipinski definition) is 0. The van der Waals surface area contributed by atoms with Gasteiger partial charge in [-0.05, 0) is 39.2 Å². The lowest BCUT2D eigenvalue weighted by Gasteiger charge is -2.05. The molecule has 28 heavy (non-hydrogen) atoms. The van der Waals surface area contributed by atoms with Crippen LogP contribution in [0.4, 0.5) is 0 Å². The molecule has 1 heterocycles. The van der Waals surface area contributed by atoms with Gasteiger partial charge in [-0.1, -0.05) is 91.0 Å². The SMILES string of the molecule is c1ccc(Cp2c3ccc4ccccc4c3c3c4ccccc4ccc32)cc1. The third-order valence-electron chi connectivity index (χ3n) is 5.83. The first-order valence-corrected chi connectivity index (χ1v) is 11.3. The van der Waals surface area contributed by atoms with E-state index in [1.807, 2.05) is 0 Å². The molecule has 0 amide bonds. The molecule has 132 valence electrons. The van der Waals surface area contributed by atoms with E-state index in [2.05, 4.69) is 103 Å². The van der Waals surface area contributed by atoms with Crippen LogP contribution in [0, 0.1) is 0 Å². The smallest absolute Gasteiger partial charge is 0.0122 e. The normalized spacial score (nSPS) is 11.7. The third kappa shape index (κ3) is 2.32. The van der Waals surface area contributed by atoms with Crippen LogP contribution in [0.3, 0.4) is 0 Å². The van der Waals surface area contributed by atoms with Gasteiger partial charge in [-0.2, -0.15) is 0 Å². The quantitative estimate of drug-likeness (QED) is 0.286. The van der Waals surface area contributed by atoms with Gasteiger partial charge in [-0.3, -0.25) is 0 Å². The molecule has 0 aliphatic carbocycles. The first-order chi connectivity index (χ1) is 13.9. The summed E-state index contributed by atoms with van der Waals surface area (Å²) in [5.41, 5.74) is 1.42. The minimum atomic E-state index is -0.400. The second-order valence-electron chi connectivity index (χ2n) is 7.43. The van der Waals surface area contributed by atoms with Crippen molar-refractivity contribution in [2.45, 2.75) is 6.16 Å².